The van der Waals surface area contributed by atoms with E-state index in [0.29, 0.717) is 23.7 Å². The van der Waals surface area contributed by atoms with E-state index < -0.39 is 5.91 Å². The summed E-state index contributed by atoms with van der Waals surface area (Å²) in [4.78, 5) is 22.4. The molecule has 1 fully saturated rings. The highest BCUT2D eigenvalue weighted by Crippen LogP contribution is 2.15. The van der Waals surface area contributed by atoms with Crippen molar-refractivity contribution < 1.29 is 9.59 Å². The number of rotatable bonds is 4. The number of carbonyl (C=O) groups is 2. The molecule has 1 aliphatic carbocycles. The molecule has 2 amide bonds. The zero-order valence-corrected chi connectivity index (χ0v) is 13.3. The highest BCUT2D eigenvalue weighted by Gasteiger charge is 2.09. The molecule has 0 atom stereocenters. The Labute approximate surface area is 132 Å². The molecule has 5 N–H and O–H groups in total. The third-order valence-electron chi connectivity index (χ3n) is 3.59. The van der Waals surface area contributed by atoms with Crippen LogP contribution in [-0.4, -0.2) is 17.9 Å². The van der Waals surface area contributed by atoms with Gasteiger partial charge >= 0.3 is 0 Å². The summed E-state index contributed by atoms with van der Waals surface area (Å²) in [5.41, 5.74) is 11.6. The van der Waals surface area contributed by atoms with Gasteiger partial charge in [-0.3, -0.25) is 9.59 Å². The van der Waals surface area contributed by atoms with Crippen LogP contribution < -0.4 is 16.8 Å². The molecular formula is C17H27N3O2. The standard InChI is InChI=1S/C11H14N2O2.C6H13N/c1-2-5-10(14)13-9-7-4-3-6-8(9)11(12)15;7-6-4-2-1-3-5-6/h3-4,6-7H,2,5H2,1H3,(H2,12,15)(H,13,14);6H,1-5,7H2. The fraction of sp³-hybridized carbons (Fsp3) is 0.529. The van der Waals surface area contributed by atoms with Gasteiger partial charge in [0.2, 0.25) is 5.91 Å². The first-order valence-corrected chi connectivity index (χ1v) is 7.98. The predicted octanol–water partition coefficient (Wildman–Crippen LogP) is 2.80. The number of primary amides is 1. The molecule has 1 saturated carbocycles. The first-order valence-electron chi connectivity index (χ1n) is 7.98. The van der Waals surface area contributed by atoms with Gasteiger partial charge in [0.25, 0.3) is 5.91 Å². The van der Waals surface area contributed by atoms with E-state index in [1.165, 1.54) is 32.1 Å². The second kappa shape index (κ2) is 9.95. The van der Waals surface area contributed by atoms with Crippen LogP contribution in [0.5, 0.6) is 0 Å². The van der Waals surface area contributed by atoms with Gasteiger partial charge in [0, 0.05) is 12.5 Å². The van der Waals surface area contributed by atoms with Gasteiger partial charge in [0.1, 0.15) is 0 Å². The molecule has 0 spiro atoms. The molecule has 0 heterocycles. The lowest BCUT2D eigenvalue weighted by Crippen LogP contribution is -2.22. The molecule has 1 aromatic carbocycles. The molecule has 0 aliphatic heterocycles. The zero-order chi connectivity index (χ0) is 16.4. The molecule has 0 aromatic heterocycles. The molecule has 1 aliphatic rings. The topological polar surface area (TPSA) is 98.2 Å². The minimum absolute atomic E-state index is 0.105. The summed E-state index contributed by atoms with van der Waals surface area (Å²) in [7, 11) is 0. The van der Waals surface area contributed by atoms with Crippen molar-refractivity contribution in [3.63, 3.8) is 0 Å². The van der Waals surface area contributed by atoms with E-state index in [9.17, 15) is 9.59 Å². The molecule has 1 aromatic rings. The van der Waals surface area contributed by atoms with E-state index in [4.69, 9.17) is 11.5 Å². The minimum Gasteiger partial charge on any atom is -0.366 e. The molecular weight excluding hydrogens is 278 g/mol. The Balaban J connectivity index is 0.000000287. The first-order chi connectivity index (χ1) is 10.5. The van der Waals surface area contributed by atoms with Crippen LogP contribution >= 0.6 is 0 Å². The summed E-state index contributed by atoms with van der Waals surface area (Å²) >= 11 is 0. The number of hydrogen-bond donors (Lipinski definition) is 3. The summed E-state index contributed by atoms with van der Waals surface area (Å²) in [6.07, 6.45) is 7.87. The average molecular weight is 305 g/mol. The van der Waals surface area contributed by atoms with Crippen LogP contribution in [-0.2, 0) is 4.79 Å². The largest absolute Gasteiger partial charge is 0.366 e. The summed E-state index contributed by atoms with van der Waals surface area (Å²) in [6, 6.07) is 7.23. The van der Waals surface area contributed by atoms with Gasteiger partial charge in [-0.1, -0.05) is 38.3 Å². The Morgan fingerprint density at radius 3 is 2.32 bits per heavy atom. The molecule has 2 rings (SSSR count). The summed E-state index contributed by atoms with van der Waals surface area (Å²) in [6.45, 7) is 1.92. The molecule has 0 bridgehead atoms. The second-order valence-electron chi connectivity index (χ2n) is 5.61. The van der Waals surface area contributed by atoms with Crippen molar-refractivity contribution in [1.82, 2.24) is 0 Å². The molecule has 0 unspecified atom stereocenters. The van der Waals surface area contributed by atoms with Gasteiger partial charge in [-0.2, -0.15) is 0 Å². The maximum atomic E-state index is 11.3. The van der Waals surface area contributed by atoms with Crippen molar-refractivity contribution in [3.05, 3.63) is 29.8 Å². The van der Waals surface area contributed by atoms with Crippen LogP contribution in [0, 0.1) is 0 Å². The van der Waals surface area contributed by atoms with Gasteiger partial charge in [0.05, 0.1) is 11.3 Å². The molecule has 0 radical (unpaired) electrons. The number of carbonyl (C=O) groups excluding carboxylic acids is 2. The summed E-state index contributed by atoms with van der Waals surface area (Å²) in [5, 5.41) is 2.65. The quantitative estimate of drug-likeness (QED) is 0.797. The summed E-state index contributed by atoms with van der Waals surface area (Å²) in [5.74, 6) is -0.645. The van der Waals surface area contributed by atoms with Crippen LogP contribution in [0.4, 0.5) is 5.69 Å². The first kappa shape index (κ1) is 18.2. The van der Waals surface area contributed by atoms with Crippen LogP contribution in [0.3, 0.4) is 0 Å². The maximum absolute atomic E-state index is 11.3. The zero-order valence-electron chi connectivity index (χ0n) is 13.3. The van der Waals surface area contributed by atoms with Crippen molar-refractivity contribution >= 4 is 17.5 Å². The van der Waals surface area contributed by atoms with E-state index >= 15 is 0 Å². The van der Waals surface area contributed by atoms with E-state index in [1.807, 2.05) is 6.92 Å². The van der Waals surface area contributed by atoms with E-state index in [-0.39, 0.29) is 5.91 Å². The number of benzene rings is 1. The minimum atomic E-state index is -0.539. The molecule has 0 saturated heterocycles. The SMILES string of the molecule is CCCC(=O)Nc1ccccc1C(N)=O.NC1CCCCC1. The third-order valence-corrected chi connectivity index (χ3v) is 3.59. The lowest BCUT2D eigenvalue weighted by molar-refractivity contribution is -0.116. The molecule has 122 valence electrons. The van der Waals surface area contributed by atoms with Gasteiger partial charge in [0.15, 0.2) is 0 Å². The molecule has 22 heavy (non-hydrogen) atoms. The monoisotopic (exact) mass is 305 g/mol. The second-order valence-corrected chi connectivity index (χ2v) is 5.61. The fourth-order valence-corrected chi connectivity index (χ4v) is 2.38. The van der Waals surface area contributed by atoms with Crippen LogP contribution in [0.25, 0.3) is 0 Å². The number of anilines is 1. The Morgan fingerprint density at radius 1 is 1.18 bits per heavy atom. The number of amides is 2. The van der Waals surface area contributed by atoms with Crippen molar-refractivity contribution in [2.45, 2.75) is 57.9 Å². The predicted molar refractivity (Wildman–Crippen MR) is 89.6 cm³/mol. The Kier molecular flexibility index (Phi) is 8.22. The van der Waals surface area contributed by atoms with Gasteiger partial charge < -0.3 is 16.8 Å². The van der Waals surface area contributed by atoms with Crippen LogP contribution in [0.15, 0.2) is 24.3 Å². The lowest BCUT2D eigenvalue weighted by Gasteiger charge is -2.15. The maximum Gasteiger partial charge on any atom is 0.250 e. The normalized spacial score (nSPS) is 14.6. The number of nitrogens with one attached hydrogen (secondary N) is 1. The number of hydrogen-bond acceptors (Lipinski definition) is 3. The Morgan fingerprint density at radius 2 is 1.82 bits per heavy atom. The van der Waals surface area contributed by atoms with Crippen molar-refractivity contribution in [1.29, 1.82) is 0 Å². The molecule has 5 heteroatoms. The third kappa shape index (κ3) is 6.72. The number of nitrogens with two attached hydrogens (primary N) is 2. The summed E-state index contributed by atoms with van der Waals surface area (Å²) < 4.78 is 0. The fourth-order valence-electron chi connectivity index (χ4n) is 2.38. The van der Waals surface area contributed by atoms with Crippen molar-refractivity contribution in [2.75, 3.05) is 5.32 Å². The van der Waals surface area contributed by atoms with Crippen LogP contribution in [0.2, 0.25) is 0 Å². The highest BCUT2D eigenvalue weighted by atomic mass is 16.2. The van der Waals surface area contributed by atoms with Gasteiger partial charge in [-0.25, -0.2) is 0 Å². The lowest BCUT2D eigenvalue weighted by atomic mass is 9.97. The average Bonchev–Trinajstić information content (AvgIpc) is 2.49. The van der Waals surface area contributed by atoms with Crippen LogP contribution in [0.1, 0.15) is 62.2 Å². The Hall–Kier alpha value is -1.88. The van der Waals surface area contributed by atoms with Gasteiger partial charge in [-0.15, -0.1) is 0 Å². The Bertz CT molecular complexity index is 483. The smallest absolute Gasteiger partial charge is 0.250 e. The van der Waals surface area contributed by atoms with Crippen molar-refractivity contribution in [2.24, 2.45) is 11.5 Å². The van der Waals surface area contributed by atoms with Crippen molar-refractivity contribution in [3.8, 4) is 0 Å². The number of para-hydroxylation sites is 1. The van der Waals surface area contributed by atoms with E-state index in [0.717, 1.165) is 6.42 Å². The van der Waals surface area contributed by atoms with Gasteiger partial charge in [-0.05, 0) is 31.4 Å². The van der Waals surface area contributed by atoms with E-state index in [1.54, 1.807) is 24.3 Å². The highest BCUT2D eigenvalue weighted by molar-refractivity contribution is 6.02. The molecule has 5 nitrogen and oxygen atoms in total. The van der Waals surface area contributed by atoms with E-state index in [2.05, 4.69) is 5.32 Å².